The zero-order valence-corrected chi connectivity index (χ0v) is 8.36. The molecule has 0 aromatic heterocycles. The highest BCUT2D eigenvalue weighted by Crippen LogP contribution is 2.30. The minimum atomic E-state index is 0.285. The average molecular weight is 186 g/mol. The Morgan fingerprint density at radius 2 is 2.07 bits per heavy atom. The van der Waals surface area contributed by atoms with Gasteiger partial charge in [0.05, 0.1) is 0 Å². The fraction of sp³-hybridized carbons (Fsp3) is 0.308. The van der Waals surface area contributed by atoms with Crippen molar-refractivity contribution in [1.82, 2.24) is 0 Å². The van der Waals surface area contributed by atoms with Crippen LogP contribution in [-0.2, 0) is 4.79 Å². The quantitative estimate of drug-likeness (QED) is 0.663. The van der Waals surface area contributed by atoms with Gasteiger partial charge in [0, 0.05) is 5.92 Å². The first-order valence-electron chi connectivity index (χ1n) is 5.05. The van der Waals surface area contributed by atoms with Crippen molar-refractivity contribution in [3.63, 3.8) is 0 Å². The second-order valence-electron chi connectivity index (χ2n) is 3.87. The lowest BCUT2D eigenvalue weighted by Gasteiger charge is -1.97. The van der Waals surface area contributed by atoms with Gasteiger partial charge in [-0.1, -0.05) is 30.3 Å². The summed E-state index contributed by atoms with van der Waals surface area (Å²) in [5.41, 5.74) is 2.36. The Morgan fingerprint density at radius 1 is 1.36 bits per heavy atom. The van der Waals surface area contributed by atoms with E-state index in [0.29, 0.717) is 5.92 Å². The van der Waals surface area contributed by atoms with Gasteiger partial charge in [-0.3, -0.25) is 4.79 Å². The third-order valence-electron chi connectivity index (χ3n) is 2.60. The third kappa shape index (κ3) is 2.11. The van der Waals surface area contributed by atoms with E-state index in [9.17, 15) is 4.79 Å². The second-order valence-corrected chi connectivity index (χ2v) is 3.87. The summed E-state index contributed by atoms with van der Waals surface area (Å²) in [5.74, 6) is 0.614. The zero-order chi connectivity index (χ0) is 9.97. The molecule has 0 spiro atoms. The van der Waals surface area contributed by atoms with E-state index in [0.717, 1.165) is 18.4 Å². The van der Waals surface area contributed by atoms with Crippen molar-refractivity contribution in [2.75, 3.05) is 0 Å². The van der Waals surface area contributed by atoms with E-state index in [1.54, 1.807) is 6.08 Å². The molecule has 72 valence electrons. The van der Waals surface area contributed by atoms with Gasteiger partial charge in [0.2, 0.25) is 0 Å². The minimum Gasteiger partial charge on any atom is -0.295 e. The van der Waals surface area contributed by atoms with Gasteiger partial charge in [0.15, 0.2) is 5.78 Å². The van der Waals surface area contributed by atoms with Crippen LogP contribution in [0.5, 0.6) is 0 Å². The number of hydrogen-bond acceptors (Lipinski definition) is 1. The van der Waals surface area contributed by atoms with E-state index < -0.39 is 0 Å². The van der Waals surface area contributed by atoms with Crippen molar-refractivity contribution in [3.05, 3.63) is 41.5 Å². The van der Waals surface area contributed by atoms with Gasteiger partial charge in [-0.2, -0.15) is 0 Å². The number of ketones is 1. The van der Waals surface area contributed by atoms with Crippen LogP contribution in [0.4, 0.5) is 0 Å². The van der Waals surface area contributed by atoms with Crippen molar-refractivity contribution in [2.45, 2.75) is 19.8 Å². The molecule has 0 unspecified atom stereocenters. The molecule has 0 heterocycles. The molecule has 1 fully saturated rings. The first-order valence-corrected chi connectivity index (χ1v) is 5.05. The lowest BCUT2D eigenvalue weighted by molar-refractivity contribution is -0.115. The maximum atomic E-state index is 11.4. The monoisotopic (exact) mass is 186 g/mol. The SMILES string of the molecule is Cc1ccccc1/C=C\C(=O)C1CC1. The van der Waals surface area contributed by atoms with E-state index in [4.69, 9.17) is 0 Å². The van der Waals surface area contributed by atoms with Gasteiger partial charge in [-0.05, 0) is 37.0 Å². The second kappa shape index (κ2) is 3.79. The highest BCUT2D eigenvalue weighted by molar-refractivity contribution is 5.96. The lowest BCUT2D eigenvalue weighted by Crippen LogP contribution is -1.93. The standard InChI is InChI=1S/C13H14O/c1-10-4-2-3-5-11(10)8-9-13(14)12-6-7-12/h2-5,8-9,12H,6-7H2,1H3/b9-8-. The molecule has 0 amide bonds. The molecule has 14 heavy (non-hydrogen) atoms. The number of aryl methyl sites for hydroxylation is 1. The number of rotatable bonds is 3. The molecule has 0 N–H and O–H groups in total. The molecule has 1 aromatic carbocycles. The van der Waals surface area contributed by atoms with Crippen LogP contribution >= 0.6 is 0 Å². The smallest absolute Gasteiger partial charge is 0.158 e. The minimum absolute atomic E-state index is 0.285. The summed E-state index contributed by atoms with van der Waals surface area (Å²) in [4.78, 5) is 11.4. The Kier molecular flexibility index (Phi) is 2.49. The Hall–Kier alpha value is -1.37. The summed E-state index contributed by atoms with van der Waals surface area (Å²) < 4.78 is 0. The van der Waals surface area contributed by atoms with E-state index in [1.165, 1.54) is 5.56 Å². The molecule has 1 heteroatoms. The molecule has 0 saturated heterocycles. The highest BCUT2D eigenvalue weighted by Gasteiger charge is 2.27. The number of carbonyl (C=O) groups excluding carboxylic acids is 1. The molecule has 0 aliphatic heterocycles. The van der Waals surface area contributed by atoms with Crippen LogP contribution in [-0.4, -0.2) is 5.78 Å². The summed E-state index contributed by atoms with van der Waals surface area (Å²) in [7, 11) is 0. The van der Waals surface area contributed by atoms with E-state index >= 15 is 0 Å². The number of allylic oxidation sites excluding steroid dienone is 1. The number of hydrogen-bond donors (Lipinski definition) is 0. The fourth-order valence-electron chi connectivity index (χ4n) is 1.45. The number of carbonyl (C=O) groups is 1. The fourth-order valence-corrected chi connectivity index (χ4v) is 1.45. The maximum Gasteiger partial charge on any atom is 0.158 e. The topological polar surface area (TPSA) is 17.1 Å². The summed E-state index contributed by atoms with van der Waals surface area (Å²) in [6, 6.07) is 8.09. The molecule has 1 aliphatic carbocycles. The number of benzene rings is 1. The summed E-state index contributed by atoms with van der Waals surface area (Å²) in [5, 5.41) is 0. The molecule has 1 nitrogen and oxygen atoms in total. The molecule has 1 aliphatic rings. The van der Waals surface area contributed by atoms with E-state index in [2.05, 4.69) is 13.0 Å². The van der Waals surface area contributed by atoms with E-state index in [-0.39, 0.29) is 5.78 Å². The molecule has 0 bridgehead atoms. The van der Waals surface area contributed by atoms with Crippen molar-refractivity contribution in [2.24, 2.45) is 5.92 Å². The van der Waals surface area contributed by atoms with Gasteiger partial charge >= 0.3 is 0 Å². The van der Waals surface area contributed by atoms with Crippen molar-refractivity contribution >= 4 is 11.9 Å². The Morgan fingerprint density at radius 3 is 2.71 bits per heavy atom. The van der Waals surface area contributed by atoms with Crippen LogP contribution in [0.2, 0.25) is 0 Å². The van der Waals surface area contributed by atoms with E-state index in [1.807, 2.05) is 24.3 Å². The van der Waals surface area contributed by atoms with Gasteiger partial charge in [0.25, 0.3) is 0 Å². The van der Waals surface area contributed by atoms with Crippen molar-refractivity contribution in [1.29, 1.82) is 0 Å². The lowest BCUT2D eigenvalue weighted by atomic mass is 10.1. The zero-order valence-electron chi connectivity index (χ0n) is 8.36. The Balaban J connectivity index is 2.09. The van der Waals surface area contributed by atoms with Crippen LogP contribution in [0.15, 0.2) is 30.3 Å². The molecule has 0 atom stereocenters. The van der Waals surface area contributed by atoms with Crippen molar-refractivity contribution < 1.29 is 4.79 Å². The van der Waals surface area contributed by atoms with Crippen LogP contribution in [0, 0.1) is 12.8 Å². The summed E-state index contributed by atoms with van der Waals surface area (Å²) >= 11 is 0. The van der Waals surface area contributed by atoms with Gasteiger partial charge in [-0.15, -0.1) is 0 Å². The maximum absolute atomic E-state index is 11.4. The molecule has 1 aromatic rings. The van der Waals surface area contributed by atoms with Crippen molar-refractivity contribution in [3.8, 4) is 0 Å². The molecular weight excluding hydrogens is 172 g/mol. The Bertz CT molecular complexity index is 373. The van der Waals surface area contributed by atoms with Crippen LogP contribution in [0.25, 0.3) is 6.08 Å². The molecule has 2 rings (SSSR count). The first-order chi connectivity index (χ1) is 6.77. The van der Waals surface area contributed by atoms with Crippen LogP contribution in [0.3, 0.4) is 0 Å². The van der Waals surface area contributed by atoms with Gasteiger partial charge < -0.3 is 0 Å². The molecule has 0 radical (unpaired) electrons. The summed E-state index contributed by atoms with van der Waals surface area (Å²) in [6.07, 6.45) is 5.81. The van der Waals surface area contributed by atoms with Gasteiger partial charge in [0.1, 0.15) is 0 Å². The first kappa shape index (κ1) is 9.20. The van der Waals surface area contributed by atoms with Gasteiger partial charge in [-0.25, -0.2) is 0 Å². The molecule has 1 saturated carbocycles. The Labute approximate surface area is 84.5 Å². The van der Waals surface area contributed by atoms with Crippen LogP contribution in [0.1, 0.15) is 24.0 Å². The molecular formula is C13H14O. The predicted molar refractivity (Wildman–Crippen MR) is 57.9 cm³/mol. The largest absolute Gasteiger partial charge is 0.295 e. The third-order valence-corrected chi connectivity index (χ3v) is 2.60. The van der Waals surface area contributed by atoms with Crippen LogP contribution < -0.4 is 0 Å². The normalized spacial score (nSPS) is 16.1. The highest BCUT2D eigenvalue weighted by atomic mass is 16.1. The average Bonchev–Trinajstić information content (AvgIpc) is 2.99. The predicted octanol–water partition coefficient (Wildman–Crippen LogP) is 2.99. The summed E-state index contributed by atoms with van der Waals surface area (Å²) in [6.45, 7) is 2.06.